The van der Waals surface area contributed by atoms with Crippen LogP contribution in [0.2, 0.25) is 0 Å². The van der Waals surface area contributed by atoms with Crippen LogP contribution in [0.15, 0.2) is 4.47 Å². The van der Waals surface area contributed by atoms with Crippen molar-refractivity contribution in [3.8, 4) is 11.5 Å². The smallest absolute Gasteiger partial charge is 0.164 e. The number of rotatable bonds is 2. The van der Waals surface area contributed by atoms with Crippen LogP contribution in [-0.4, -0.2) is 12.2 Å². The Balaban J connectivity index is 2.74. The van der Waals surface area contributed by atoms with Crippen molar-refractivity contribution < 1.29 is 9.84 Å². The summed E-state index contributed by atoms with van der Waals surface area (Å²) in [6, 6.07) is 0. The van der Waals surface area contributed by atoms with Crippen molar-refractivity contribution in [1.82, 2.24) is 0 Å². The first-order valence-electron chi connectivity index (χ1n) is 5.27. The summed E-state index contributed by atoms with van der Waals surface area (Å²) in [5, 5.41) is 10.2. The number of halogens is 1. The Hall–Kier alpha value is -0.740. The Morgan fingerprint density at radius 1 is 1.31 bits per heavy atom. The normalized spacial score (nSPS) is 17.3. The zero-order valence-corrected chi connectivity index (χ0v) is 11.3. The zero-order chi connectivity index (χ0) is 12.1. The van der Waals surface area contributed by atoms with Crippen molar-refractivity contribution in [2.75, 3.05) is 7.11 Å². The lowest BCUT2D eigenvalue weighted by Crippen LogP contribution is -2.21. The number of nitrogens with two attached hydrogens (primary N) is 1. The maximum atomic E-state index is 10.2. The van der Waals surface area contributed by atoms with E-state index in [1.165, 1.54) is 0 Å². The van der Waals surface area contributed by atoms with Gasteiger partial charge >= 0.3 is 0 Å². The third-order valence-corrected chi connectivity index (χ3v) is 4.51. The third kappa shape index (κ3) is 1.52. The molecule has 1 aliphatic rings. The first-order valence-corrected chi connectivity index (χ1v) is 6.06. The molecule has 16 heavy (non-hydrogen) atoms. The second-order valence-electron chi connectivity index (χ2n) is 4.48. The molecule has 1 aromatic rings. The largest absolute Gasteiger partial charge is 0.504 e. The number of phenols is 1. The van der Waals surface area contributed by atoms with Crippen molar-refractivity contribution in [3.05, 3.63) is 21.2 Å². The van der Waals surface area contributed by atoms with Gasteiger partial charge in [0.1, 0.15) is 0 Å². The van der Waals surface area contributed by atoms with Gasteiger partial charge in [-0.3, -0.25) is 0 Å². The topological polar surface area (TPSA) is 55.5 Å². The van der Waals surface area contributed by atoms with Crippen molar-refractivity contribution in [2.24, 2.45) is 5.73 Å². The molecule has 0 bridgehead atoms. The van der Waals surface area contributed by atoms with Gasteiger partial charge in [0.05, 0.1) is 7.11 Å². The van der Waals surface area contributed by atoms with E-state index in [-0.39, 0.29) is 11.3 Å². The minimum Gasteiger partial charge on any atom is -0.504 e. The van der Waals surface area contributed by atoms with Gasteiger partial charge < -0.3 is 15.6 Å². The first-order chi connectivity index (χ1) is 7.42. The van der Waals surface area contributed by atoms with Gasteiger partial charge in [-0.15, -0.1) is 0 Å². The van der Waals surface area contributed by atoms with Crippen LogP contribution in [0.5, 0.6) is 11.5 Å². The predicted octanol–water partition coefficient (Wildman–Crippen LogP) is 2.73. The fourth-order valence-corrected chi connectivity index (χ4v) is 2.58. The highest BCUT2D eigenvalue weighted by atomic mass is 79.9. The molecule has 4 heteroatoms. The number of phenolic OH excluding ortho intramolecular Hbond substituents is 1. The van der Waals surface area contributed by atoms with Crippen LogP contribution in [-0.2, 0) is 5.54 Å². The van der Waals surface area contributed by atoms with E-state index in [9.17, 15) is 5.11 Å². The Labute approximate surface area is 104 Å². The van der Waals surface area contributed by atoms with Crippen LogP contribution in [0.25, 0.3) is 0 Å². The summed E-state index contributed by atoms with van der Waals surface area (Å²) in [4.78, 5) is 0. The molecule has 0 heterocycles. The molecule has 1 aromatic carbocycles. The van der Waals surface area contributed by atoms with Gasteiger partial charge in [0.15, 0.2) is 11.5 Å². The van der Waals surface area contributed by atoms with E-state index in [4.69, 9.17) is 10.5 Å². The summed E-state index contributed by atoms with van der Waals surface area (Å²) in [5.74, 6) is 0.713. The molecular formula is C12H16BrNO2. The Kier molecular flexibility index (Phi) is 2.67. The average Bonchev–Trinajstić information content (AvgIpc) is 2.95. The number of ether oxygens (including phenoxy) is 1. The van der Waals surface area contributed by atoms with Crippen molar-refractivity contribution in [1.29, 1.82) is 0 Å². The molecule has 3 N–H and O–H groups in total. The van der Waals surface area contributed by atoms with Crippen LogP contribution < -0.4 is 10.5 Å². The first kappa shape index (κ1) is 11.7. The Morgan fingerprint density at radius 2 is 1.88 bits per heavy atom. The van der Waals surface area contributed by atoms with E-state index in [0.29, 0.717) is 5.75 Å². The second kappa shape index (κ2) is 3.64. The molecule has 0 aromatic heterocycles. The molecular weight excluding hydrogens is 270 g/mol. The average molecular weight is 286 g/mol. The molecule has 1 aliphatic carbocycles. The number of hydrogen-bond donors (Lipinski definition) is 2. The van der Waals surface area contributed by atoms with E-state index in [1.807, 2.05) is 13.8 Å². The Bertz CT molecular complexity index is 453. The van der Waals surface area contributed by atoms with Crippen LogP contribution in [0.4, 0.5) is 0 Å². The molecule has 88 valence electrons. The van der Waals surface area contributed by atoms with Gasteiger partial charge in [-0.2, -0.15) is 0 Å². The number of aromatic hydroxyl groups is 1. The summed E-state index contributed by atoms with van der Waals surface area (Å²) < 4.78 is 6.21. The van der Waals surface area contributed by atoms with E-state index < -0.39 is 0 Å². The van der Waals surface area contributed by atoms with Gasteiger partial charge in [0.25, 0.3) is 0 Å². The highest BCUT2D eigenvalue weighted by molar-refractivity contribution is 9.10. The molecule has 0 aliphatic heterocycles. The van der Waals surface area contributed by atoms with E-state index in [1.54, 1.807) is 7.11 Å². The van der Waals surface area contributed by atoms with Gasteiger partial charge in [-0.05, 0) is 32.3 Å². The number of benzene rings is 1. The summed E-state index contributed by atoms with van der Waals surface area (Å²) in [6.07, 6.45) is 1.83. The van der Waals surface area contributed by atoms with Crippen molar-refractivity contribution >= 4 is 15.9 Å². The second-order valence-corrected chi connectivity index (χ2v) is 5.27. The van der Waals surface area contributed by atoms with Crippen LogP contribution in [0, 0.1) is 13.8 Å². The monoisotopic (exact) mass is 285 g/mol. The SMILES string of the molecule is COc1c(C)c(Br)c(C)c(C2(N)CC2)c1O. The highest BCUT2D eigenvalue weighted by Gasteiger charge is 2.44. The summed E-state index contributed by atoms with van der Waals surface area (Å²) >= 11 is 3.53. The van der Waals surface area contributed by atoms with Gasteiger partial charge in [0.2, 0.25) is 0 Å². The van der Waals surface area contributed by atoms with E-state index in [2.05, 4.69) is 15.9 Å². The maximum Gasteiger partial charge on any atom is 0.164 e. The lowest BCUT2D eigenvalue weighted by Gasteiger charge is -2.20. The lowest BCUT2D eigenvalue weighted by molar-refractivity contribution is 0.364. The molecule has 0 spiro atoms. The third-order valence-electron chi connectivity index (χ3n) is 3.32. The summed E-state index contributed by atoms with van der Waals surface area (Å²) in [7, 11) is 1.56. The molecule has 0 amide bonds. The molecule has 1 saturated carbocycles. The minimum absolute atomic E-state index is 0.195. The van der Waals surface area contributed by atoms with Crippen molar-refractivity contribution in [3.63, 3.8) is 0 Å². The van der Waals surface area contributed by atoms with Gasteiger partial charge in [-0.1, -0.05) is 15.9 Å². The quantitative estimate of drug-likeness (QED) is 0.879. The summed E-state index contributed by atoms with van der Waals surface area (Å²) in [5.41, 5.74) is 8.55. The summed E-state index contributed by atoms with van der Waals surface area (Å²) in [6.45, 7) is 3.88. The van der Waals surface area contributed by atoms with E-state index >= 15 is 0 Å². The molecule has 2 rings (SSSR count). The van der Waals surface area contributed by atoms with Crippen LogP contribution in [0.1, 0.15) is 29.5 Å². The zero-order valence-electron chi connectivity index (χ0n) is 9.72. The minimum atomic E-state index is -0.363. The van der Waals surface area contributed by atoms with E-state index in [0.717, 1.165) is 34.0 Å². The van der Waals surface area contributed by atoms with Crippen LogP contribution in [0.3, 0.4) is 0 Å². The van der Waals surface area contributed by atoms with Crippen molar-refractivity contribution in [2.45, 2.75) is 32.2 Å². The lowest BCUT2D eigenvalue weighted by atomic mass is 9.95. The molecule has 0 radical (unpaired) electrons. The maximum absolute atomic E-state index is 10.2. The number of methoxy groups -OCH3 is 1. The predicted molar refractivity (Wildman–Crippen MR) is 66.9 cm³/mol. The molecule has 0 saturated heterocycles. The molecule has 0 atom stereocenters. The van der Waals surface area contributed by atoms with Gasteiger partial charge in [-0.25, -0.2) is 0 Å². The van der Waals surface area contributed by atoms with Gasteiger partial charge in [0, 0.05) is 21.1 Å². The molecule has 3 nitrogen and oxygen atoms in total. The Morgan fingerprint density at radius 3 is 2.31 bits per heavy atom. The van der Waals surface area contributed by atoms with Crippen LogP contribution >= 0.6 is 15.9 Å². The highest BCUT2D eigenvalue weighted by Crippen LogP contribution is 2.53. The standard InChI is InChI=1S/C12H16BrNO2/c1-6-8(12(14)4-5-12)10(15)11(16-3)7(2)9(6)13/h15H,4-5,14H2,1-3H3. The number of hydrogen-bond acceptors (Lipinski definition) is 3. The molecule has 1 fully saturated rings. The fraction of sp³-hybridized carbons (Fsp3) is 0.500. The molecule has 0 unspecified atom stereocenters. The fourth-order valence-electron chi connectivity index (χ4n) is 2.20.